The molecule has 1 heterocycles. The second-order valence-electron chi connectivity index (χ2n) is 8.36. The number of hydrogen-bond acceptors (Lipinski definition) is 8. The van der Waals surface area contributed by atoms with Crippen molar-refractivity contribution in [3.8, 4) is 0 Å². The summed E-state index contributed by atoms with van der Waals surface area (Å²) >= 11 is 0. The molecule has 0 saturated heterocycles. The van der Waals surface area contributed by atoms with E-state index in [-0.39, 0.29) is 23.9 Å². The largest absolute Gasteiger partial charge is 0.468 e. The number of methoxy groups -OCH3 is 1. The van der Waals surface area contributed by atoms with Crippen LogP contribution < -0.4 is 5.32 Å². The first kappa shape index (κ1) is 25.8. The number of aliphatic imine (C=N–C) groups is 1. The van der Waals surface area contributed by atoms with Gasteiger partial charge in [0.05, 0.1) is 17.6 Å². The molecule has 0 aliphatic carbocycles. The lowest BCUT2D eigenvalue weighted by Gasteiger charge is -2.31. The number of nitro benzene ring substituents is 1. The van der Waals surface area contributed by atoms with E-state index in [1.165, 1.54) is 25.3 Å². The maximum Gasteiger partial charge on any atom is 0.336 e. The van der Waals surface area contributed by atoms with Crippen LogP contribution >= 0.6 is 0 Å². The fourth-order valence-corrected chi connectivity index (χ4v) is 4.32. The van der Waals surface area contributed by atoms with E-state index in [9.17, 15) is 19.7 Å². The summed E-state index contributed by atoms with van der Waals surface area (Å²) < 4.78 is 10.7. The number of nitrogens with zero attached hydrogens (tertiary/aromatic N) is 2. The number of nitro groups is 1. The second-order valence-corrected chi connectivity index (χ2v) is 8.36. The molecular weight excluding hydrogens is 450 g/mol. The number of allylic oxidation sites excluding steroid dienone is 1. The van der Waals surface area contributed by atoms with E-state index in [2.05, 4.69) is 10.3 Å². The number of hydrogen-bond donors (Lipinski definition) is 1. The third kappa shape index (κ3) is 5.99. The molecule has 0 aromatic heterocycles. The van der Waals surface area contributed by atoms with Gasteiger partial charge in [-0.15, -0.1) is 0 Å². The van der Waals surface area contributed by atoms with Crippen molar-refractivity contribution >= 4 is 23.3 Å². The number of rotatable bonds is 9. The lowest BCUT2D eigenvalue weighted by atomic mass is 9.75. The van der Waals surface area contributed by atoms with Gasteiger partial charge in [-0.2, -0.15) is 0 Å². The van der Waals surface area contributed by atoms with Crippen LogP contribution in [0.25, 0.3) is 0 Å². The van der Waals surface area contributed by atoms with Gasteiger partial charge in [-0.1, -0.05) is 42.5 Å². The molecule has 3 atom stereocenters. The molecule has 3 rings (SSSR count). The zero-order chi connectivity index (χ0) is 25.5. The molecule has 0 bridgehead atoms. The van der Waals surface area contributed by atoms with Crippen LogP contribution in [0.1, 0.15) is 30.9 Å². The predicted molar refractivity (Wildman–Crippen MR) is 131 cm³/mol. The summed E-state index contributed by atoms with van der Waals surface area (Å²) in [7, 11) is 3.05. The zero-order valence-corrected chi connectivity index (χ0v) is 20.2. The van der Waals surface area contributed by atoms with Crippen LogP contribution in [-0.4, -0.2) is 49.4 Å². The van der Waals surface area contributed by atoms with E-state index in [0.29, 0.717) is 23.4 Å². The number of ether oxygens (including phenoxy) is 2. The van der Waals surface area contributed by atoms with Crippen molar-refractivity contribution in [2.24, 2.45) is 10.9 Å². The predicted octanol–water partition coefficient (Wildman–Crippen LogP) is 3.59. The summed E-state index contributed by atoms with van der Waals surface area (Å²) in [5.74, 6) is -2.97. The molecule has 0 radical (unpaired) electrons. The molecule has 184 valence electrons. The van der Waals surface area contributed by atoms with Gasteiger partial charge in [0.15, 0.2) is 0 Å². The summed E-state index contributed by atoms with van der Waals surface area (Å²) in [5, 5.41) is 14.5. The van der Waals surface area contributed by atoms with Gasteiger partial charge in [0, 0.05) is 35.5 Å². The van der Waals surface area contributed by atoms with Gasteiger partial charge in [-0.25, -0.2) is 4.79 Å². The van der Waals surface area contributed by atoms with Crippen LogP contribution in [0.15, 0.2) is 70.9 Å². The molecule has 35 heavy (non-hydrogen) atoms. The van der Waals surface area contributed by atoms with Crippen LogP contribution in [-0.2, 0) is 25.5 Å². The highest BCUT2D eigenvalue weighted by molar-refractivity contribution is 6.07. The summed E-state index contributed by atoms with van der Waals surface area (Å²) in [6.45, 7) is 3.43. The summed E-state index contributed by atoms with van der Waals surface area (Å²) in [6, 6.07) is 15.6. The second kappa shape index (κ2) is 11.5. The minimum absolute atomic E-state index is 0.0915. The molecule has 9 heteroatoms. The molecule has 9 nitrogen and oxygen atoms in total. The third-order valence-corrected chi connectivity index (χ3v) is 6.09. The molecule has 3 unspecified atom stereocenters. The van der Waals surface area contributed by atoms with Crippen LogP contribution in [0, 0.1) is 16.0 Å². The molecular formula is C26H29N3O6. The average Bonchev–Trinajstić information content (AvgIpc) is 2.86. The van der Waals surface area contributed by atoms with Crippen molar-refractivity contribution in [3.05, 3.63) is 87.1 Å². The average molecular weight is 480 g/mol. The van der Waals surface area contributed by atoms with Gasteiger partial charge in [-0.3, -0.25) is 19.9 Å². The number of nitrogens with one attached hydrogen (secondary N) is 1. The lowest BCUT2D eigenvalue weighted by molar-refractivity contribution is -0.384. The molecule has 0 fully saturated rings. The fraction of sp³-hybridized carbons (Fsp3) is 0.346. The quantitative estimate of drug-likeness (QED) is 0.331. The Morgan fingerprint density at radius 1 is 1.14 bits per heavy atom. The first-order chi connectivity index (χ1) is 16.8. The number of non-ortho nitro benzene ring substituents is 1. The van der Waals surface area contributed by atoms with Crippen LogP contribution in [0.2, 0.25) is 0 Å². The Morgan fingerprint density at radius 3 is 2.49 bits per heavy atom. The number of likely N-dealkylation sites (N-methyl/N-ethyl adjacent to an activating group) is 1. The molecule has 1 N–H and O–H groups in total. The molecule has 0 saturated carbocycles. The standard InChI is InChI=1S/C26H29N3O6/c1-16-22(25(30)34-4)24(19-11-8-12-21(14-19)29(32)33)23(17(2)28-16)26(31)35-15-20(27-3)13-18-9-6-5-7-10-18/h5-12,14,20,22,24,27H,13,15H2,1-4H3. The van der Waals surface area contributed by atoms with Gasteiger partial charge in [0.25, 0.3) is 5.69 Å². The van der Waals surface area contributed by atoms with Gasteiger partial charge >= 0.3 is 11.9 Å². The van der Waals surface area contributed by atoms with Gasteiger partial charge in [0.2, 0.25) is 0 Å². The number of carbonyl (C=O) groups excluding carboxylic acids is 2. The Labute approximate surface area is 204 Å². The van der Waals surface area contributed by atoms with Gasteiger partial charge in [0.1, 0.15) is 12.5 Å². The Hall–Kier alpha value is -3.85. The number of benzene rings is 2. The van der Waals surface area contributed by atoms with E-state index in [1.54, 1.807) is 27.0 Å². The lowest BCUT2D eigenvalue weighted by Crippen LogP contribution is -2.38. The Kier molecular flexibility index (Phi) is 8.48. The van der Waals surface area contributed by atoms with E-state index >= 15 is 0 Å². The molecule has 2 aromatic carbocycles. The van der Waals surface area contributed by atoms with Crippen molar-refractivity contribution in [2.75, 3.05) is 20.8 Å². The maximum absolute atomic E-state index is 13.4. The van der Waals surface area contributed by atoms with E-state index < -0.39 is 28.7 Å². The SMILES string of the molecule is CNC(COC(=O)C1=C(C)N=C(C)C(C(=O)OC)C1c1cccc([N+](=O)[O-])c1)Cc1ccccc1. The van der Waals surface area contributed by atoms with Crippen molar-refractivity contribution in [1.82, 2.24) is 5.32 Å². The normalized spacial score (nSPS) is 18.5. The molecule has 2 aromatic rings. The van der Waals surface area contributed by atoms with E-state index in [0.717, 1.165) is 5.56 Å². The number of esters is 2. The van der Waals surface area contributed by atoms with Crippen LogP contribution in [0.5, 0.6) is 0 Å². The third-order valence-electron chi connectivity index (χ3n) is 6.09. The number of carbonyl (C=O) groups is 2. The van der Waals surface area contributed by atoms with Crippen LogP contribution in [0.4, 0.5) is 5.69 Å². The van der Waals surface area contributed by atoms with E-state index in [4.69, 9.17) is 9.47 Å². The highest BCUT2D eigenvalue weighted by Crippen LogP contribution is 2.40. The summed E-state index contributed by atoms with van der Waals surface area (Å²) in [6.07, 6.45) is 0.652. The Morgan fingerprint density at radius 2 is 1.86 bits per heavy atom. The molecule has 0 spiro atoms. The van der Waals surface area contributed by atoms with Crippen molar-refractivity contribution < 1.29 is 24.0 Å². The van der Waals surface area contributed by atoms with Crippen molar-refractivity contribution in [1.29, 1.82) is 0 Å². The summed E-state index contributed by atoms with van der Waals surface area (Å²) in [5.41, 5.74) is 2.42. The molecule has 1 aliphatic rings. The van der Waals surface area contributed by atoms with Crippen LogP contribution in [0.3, 0.4) is 0 Å². The Balaban J connectivity index is 1.93. The first-order valence-corrected chi connectivity index (χ1v) is 11.2. The smallest absolute Gasteiger partial charge is 0.336 e. The zero-order valence-electron chi connectivity index (χ0n) is 20.2. The Bertz CT molecular complexity index is 1160. The monoisotopic (exact) mass is 479 g/mol. The van der Waals surface area contributed by atoms with Gasteiger partial charge < -0.3 is 14.8 Å². The van der Waals surface area contributed by atoms with Gasteiger partial charge in [-0.05, 0) is 38.4 Å². The maximum atomic E-state index is 13.4. The topological polar surface area (TPSA) is 120 Å². The van der Waals surface area contributed by atoms with E-state index in [1.807, 2.05) is 30.3 Å². The minimum atomic E-state index is -0.919. The highest BCUT2D eigenvalue weighted by atomic mass is 16.6. The minimum Gasteiger partial charge on any atom is -0.468 e. The van der Waals surface area contributed by atoms with Crippen molar-refractivity contribution in [3.63, 3.8) is 0 Å². The molecule has 1 aliphatic heterocycles. The molecule has 0 amide bonds. The fourth-order valence-electron chi connectivity index (χ4n) is 4.32. The first-order valence-electron chi connectivity index (χ1n) is 11.2. The summed E-state index contributed by atoms with van der Waals surface area (Å²) in [4.78, 5) is 41.4. The highest BCUT2D eigenvalue weighted by Gasteiger charge is 2.42. The van der Waals surface area contributed by atoms with Crippen molar-refractivity contribution in [2.45, 2.75) is 32.2 Å².